The summed E-state index contributed by atoms with van der Waals surface area (Å²) in [6.45, 7) is 0.638. The Bertz CT molecular complexity index is 1770. The maximum Gasteiger partial charge on any atom is 0.471 e. The van der Waals surface area contributed by atoms with Gasteiger partial charge in [-0.1, -0.05) is 17.7 Å². The molecule has 17 heteroatoms. The molecule has 0 unspecified atom stereocenters. The van der Waals surface area contributed by atoms with Gasteiger partial charge < -0.3 is 14.7 Å². The molecule has 5 heterocycles. The summed E-state index contributed by atoms with van der Waals surface area (Å²) < 4.78 is 80.1. The summed E-state index contributed by atoms with van der Waals surface area (Å²) in [5.74, 6) is -4.18. The second kappa shape index (κ2) is 11.1. The zero-order valence-corrected chi connectivity index (χ0v) is 24.9. The van der Waals surface area contributed by atoms with E-state index in [1.165, 1.54) is 25.1 Å². The highest BCUT2D eigenvalue weighted by atomic mass is 35.5. The molecule has 46 heavy (non-hydrogen) atoms. The van der Waals surface area contributed by atoms with Crippen LogP contribution in [0.4, 0.5) is 43.5 Å². The zero-order valence-electron chi connectivity index (χ0n) is 24.2. The largest absolute Gasteiger partial charge is 0.471 e. The highest BCUT2D eigenvalue weighted by molar-refractivity contribution is 6.34. The molecule has 0 bridgehead atoms. The molecule has 1 saturated heterocycles. The summed E-state index contributed by atoms with van der Waals surface area (Å²) in [5.41, 5.74) is 0.486. The van der Waals surface area contributed by atoms with Crippen molar-refractivity contribution in [1.29, 1.82) is 0 Å². The molecule has 3 amide bonds. The average Bonchev–Trinajstić information content (AvgIpc) is 3.53. The minimum absolute atomic E-state index is 0.00934. The lowest BCUT2D eigenvalue weighted by atomic mass is 9.95. The van der Waals surface area contributed by atoms with Gasteiger partial charge in [-0.3, -0.25) is 29.3 Å². The number of anilines is 3. The predicted octanol–water partition coefficient (Wildman–Crippen LogP) is 4.66. The molecule has 3 aliphatic heterocycles. The Morgan fingerprint density at radius 2 is 1.76 bits per heavy atom. The lowest BCUT2D eigenvalue weighted by Gasteiger charge is -2.39. The van der Waals surface area contributed by atoms with Crippen LogP contribution in [-0.4, -0.2) is 63.4 Å². The standard InChI is InChI=1S/C29H24ClF6N7O3/c1-14-6-16(28(31,32)33)8-22(38-14)43-23(44)7-15-10-41(25-18(30)4-3-5-21(25)40(2)26(45)24(15)43)11-17-9-37-19-12-42(13-20(19)39-17)27(46)29(34,35)36/h3-6,8-9,15,24H,7,10-13H2,1-2H3/t15-,24+/m1/s1. The summed E-state index contributed by atoms with van der Waals surface area (Å²) in [6.07, 6.45) is -8.59. The van der Waals surface area contributed by atoms with E-state index in [-0.39, 0.29) is 60.5 Å². The van der Waals surface area contributed by atoms with Crippen LogP contribution in [0.3, 0.4) is 0 Å². The molecule has 3 aromatic rings. The second-order valence-corrected chi connectivity index (χ2v) is 11.7. The summed E-state index contributed by atoms with van der Waals surface area (Å²) in [6, 6.07) is 5.21. The Morgan fingerprint density at radius 3 is 2.46 bits per heavy atom. The van der Waals surface area contributed by atoms with Crippen LogP contribution in [0.2, 0.25) is 5.02 Å². The number of alkyl halides is 6. The third kappa shape index (κ3) is 5.58. The topological polar surface area (TPSA) is 103 Å². The van der Waals surface area contributed by atoms with Crippen LogP contribution in [0, 0.1) is 12.8 Å². The third-order valence-electron chi connectivity index (χ3n) is 8.17. The average molecular weight is 668 g/mol. The summed E-state index contributed by atoms with van der Waals surface area (Å²) >= 11 is 6.65. The maximum absolute atomic E-state index is 14.0. The molecule has 0 radical (unpaired) electrons. The Labute approximate surface area is 262 Å². The summed E-state index contributed by atoms with van der Waals surface area (Å²) in [5, 5.41) is 0.253. The first-order valence-electron chi connectivity index (χ1n) is 13.9. The van der Waals surface area contributed by atoms with E-state index in [9.17, 15) is 40.7 Å². The van der Waals surface area contributed by atoms with Crippen molar-refractivity contribution < 1.29 is 40.7 Å². The van der Waals surface area contributed by atoms with Gasteiger partial charge in [0.1, 0.15) is 11.9 Å². The van der Waals surface area contributed by atoms with Gasteiger partial charge in [0.2, 0.25) is 11.8 Å². The molecule has 0 aliphatic carbocycles. The number of likely N-dealkylation sites (N-methyl/N-ethyl adjacent to an activating group) is 1. The summed E-state index contributed by atoms with van der Waals surface area (Å²) in [7, 11) is 1.46. The third-order valence-corrected chi connectivity index (χ3v) is 8.48. The molecule has 1 aromatic carbocycles. The fourth-order valence-electron chi connectivity index (χ4n) is 6.17. The lowest BCUT2D eigenvalue weighted by Crippen LogP contribution is -2.52. The van der Waals surface area contributed by atoms with Crippen LogP contribution in [0.1, 0.15) is 34.8 Å². The first-order valence-corrected chi connectivity index (χ1v) is 14.3. The smallest absolute Gasteiger partial charge is 0.362 e. The summed E-state index contributed by atoms with van der Waals surface area (Å²) in [4.78, 5) is 56.8. The van der Waals surface area contributed by atoms with E-state index in [1.54, 1.807) is 23.1 Å². The van der Waals surface area contributed by atoms with Gasteiger partial charge in [0.25, 0.3) is 0 Å². The maximum atomic E-state index is 14.0. The number of aromatic nitrogens is 3. The van der Waals surface area contributed by atoms with Gasteiger partial charge in [0.15, 0.2) is 0 Å². The van der Waals surface area contributed by atoms with Crippen LogP contribution in [0.5, 0.6) is 0 Å². The zero-order chi connectivity index (χ0) is 33.3. The SMILES string of the molecule is Cc1cc(C(F)(F)F)cc(N2C(=O)C[C@@H]3CN(Cc4cnc5c(n4)CN(C(=O)C(F)(F)F)C5)c4c(Cl)cccc4N(C)C(=O)[C@H]32)n1. The van der Waals surface area contributed by atoms with Gasteiger partial charge in [-0.25, -0.2) is 4.98 Å². The first kappa shape index (κ1) is 31.5. The number of aryl methyl sites for hydroxylation is 1. The Hall–Kier alpha value is -4.47. The van der Waals surface area contributed by atoms with Gasteiger partial charge in [0, 0.05) is 31.6 Å². The van der Waals surface area contributed by atoms with Gasteiger partial charge in [-0.15, -0.1) is 0 Å². The van der Waals surface area contributed by atoms with Crippen molar-refractivity contribution in [2.45, 2.75) is 51.4 Å². The second-order valence-electron chi connectivity index (χ2n) is 11.3. The van der Waals surface area contributed by atoms with Crippen molar-refractivity contribution in [1.82, 2.24) is 19.9 Å². The number of rotatable bonds is 3. The number of amides is 3. The molecule has 0 N–H and O–H groups in total. The molecule has 0 spiro atoms. The van der Waals surface area contributed by atoms with Crippen molar-refractivity contribution in [2.75, 3.05) is 28.3 Å². The minimum atomic E-state index is -5.05. The van der Waals surface area contributed by atoms with Gasteiger partial charge >= 0.3 is 18.3 Å². The number of benzene rings is 1. The molecule has 1 fully saturated rings. The van der Waals surface area contributed by atoms with Crippen LogP contribution in [0.25, 0.3) is 0 Å². The number of hydrogen-bond acceptors (Lipinski definition) is 7. The van der Waals surface area contributed by atoms with Crippen molar-refractivity contribution in [3.05, 3.63) is 69.9 Å². The Balaban J connectivity index is 1.37. The van der Waals surface area contributed by atoms with E-state index in [0.717, 1.165) is 17.0 Å². The monoisotopic (exact) mass is 667 g/mol. The van der Waals surface area contributed by atoms with E-state index < -0.39 is 47.6 Å². The van der Waals surface area contributed by atoms with Gasteiger partial charge in [-0.05, 0) is 31.2 Å². The van der Waals surface area contributed by atoms with Crippen LogP contribution >= 0.6 is 11.6 Å². The number of hydrogen-bond donors (Lipinski definition) is 0. The number of pyridine rings is 1. The van der Waals surface area contributed by atoms with Gasteiger partial charge in [-0.2, -0.15) is 26.3 Å². The molecular formula is C29H24ClF6N7O3. The normalized spacial score (nSPS) is 20.0. The van der Waals surface area contributed by atoms with Crippen molar-refractivity contribution >= 4 is 46.5 Å². The minimum Gasteiger partial charge on any atom is -0.362 e. The molecule has 3 aliphatic rings. The number of nitrogens with zero attached hydrogens (tertiary/aromatic N) is 7. The lowest BCUT2D eigenvalue weighted by molar-refractivity contribution is -0.186. The quantitative estimate of drug-likeness (QED) is 0.375. The van der Waals surface area contributed by atoms with E-state index in [1.807, 2.05) is 0 Å². The number of para-hydroxylation sites is 1. The fourth-order valence-corrected chi connectivity index (χ4v) is 6.46. The predicted molar refractivity (Wildman–Crippen MR) is 152 cm³/mol. The Morgan fingerprint density at radius 1 is 1.04 bits per heavy atom. The van der Waals surface area contributed by atoms with Crippen molar-refractivity contribution in [3.8, 4) is 0 Å². The molecule has 6 rings (SSSR count). The highest BCUT2D eigenvalue weighted by Crippen LogP contribution is 2.43. The van der Waals surface area contributed by atoms with Crippen molar-refractivity contribution in [2.24, 2.45) is 5.92 Å². The molecule has 2 aromatic heterocycles. The highest BCUT2D eigenvalue weighted by Gasteiger charge is 2.50. The van der Waals surface area contributed by atoms with E-state index in [2.05, 4.69) is 15.0 Å². The molecular weight excluding hydrogens is 644 g/mol. The van der Waals surface area contributed by atoms with Crippen LogP contribution in [-0.2, 0) is 40.2 Å². The number of carbonyl (C=O) groups excluding carboxylic acids is 3. The van der Waals surface area contributed by atoms with Crippen molar-refractivity contribution in [3.63, 3.8) is 0 Å². The fraction of sp³-hybridized carbons (Fsp3) is 0.379. The van der Waals surface area contributed by atoms with E-state index in [4.69, 9.17) is 11.6 Å². The first-order chi connectivity index (χ1) is 21.5. The van der Waals surface area contributed by atoms with Gasteiger partial charge in [0.05, 0.1) is 64.9 Å². The Kier molecular flexibility index (Phi) is 7.60. The molecule has 10 nitrogen and oxygen atoms in total. The molecule has 2 atom stereocenters. The van der Waals surface area contributed by atoms with Crippen LogP contribution in [0.15, 0.2) is 36.5 Å². The number of carbonyl (C=O) groups is 3. The number of halogens is 7. The number of fused-ring (bicyclic) bond motifs is 3. The van der Waals surface area contributed by atoms with E-state index in [0.29, 0.717) is 22.0 Å². The van der Waals surface area contributed by atoms with E-state index >= 15 is 0 Å². The molecule has 0 saturated carbocycles. The molecule has 242 valence electrons. The van der Waals surface area contributed by atoms with Crippen LogP contribution < -0.4 is 14.7 Å².